The number of carbonyl (C=O) groups is 2. The summed E-state index contributed by atoms with van der Waals surface area (Å²) >= 11 is 4.99. The second-order valence-electron chi connectivity index (χ2n) is 10.3. The summed E-state index contributed by atoms with van der Waals surface area (Å²) in [6, 6.07) is 3.23. The molecule has 1 atom stereocenters. The van der Waals surface area contributed by atoms with Gasteiger partial charge in [-0.25, -0.2) is 19.7 Å². The van der Waals surface area contributed by atoms with Crippen LogP contribution in [-0.2, 0) is 11.3 Å². The van der Waals surface area contributed by atoms with Crippen molar-refractivity contribution in [3.63, 3.8) is 0 Å². The van der Waals surface area contributed by atoms with Crippen LogP contribution in [0, 0.1) is 5.92 Å². The number of piperidine rings is 2. The third kappa shape index (κ3) is 5.38. The first-order chi connectivity index (χ1) is 19.4. The topological polar surface area (TPSA) is 149 Å². The molecule has 2 fully saturated rings. The Morgan fingerprint density at radius 3 is 2.65 bits per heavy atom. The number of nitrogen functional groups attached to an aromatic ring is 1. The van der Waals surface area contributed by atoms with E-state index < -0.39 is 12.1 Å². The zero-order chi connectivity index (χ0) is 27.8. The lowest BCUT2D eigenvalue weighted by atomic mass is 9.92. The molecule has 3 N–H and O–H groups in total. The van der Waals surface area contributed by atoms with Crippen molar-refractivity contribution in [2.45, 2.75) is 61.2 Å². The van der Waals surface area contributed by atoms with Gasteiger partial charge in [-0.3, -0.25) is 9.69 Å². The van der Waals surface area contributed by atoms with Crippen molar-refractivity contribution in [1.29, 1.82) is 0 Å². The number of nitrogens with zero attached hydrogens (tertiary/aromatic N) is 6. The lowest BCUT2D eigenvalue weighted by molar-refractivity contribution is -0.139. The Bertz CT molecular complexity index is 1400. The highest BCUT2D eigenvalue weighted by Crippen LogP contribution is 2.43. The summed E-state index contributed by atoms with van der Waals surface area (Å²) in [4.78, 5) is 42.5. The lowest BCUT2D eigenvalue weighted by Crippen LogP contribution is -2.54. The molecule has 5 aliphatic heterocycles. The highest BCUT2D eigenvalue weighted by molar-refractivity contribution is 9.10. The first-order valence-electron chi connectivity index (χ1n) is 13.4. The highest BCUT2D eigenvalue weighted by Gasteiger charge is 2.36. The maximum absolute atomic E-state index is 13.1. The Hall–Kier alpha value is -3.26. The van der Waals surface area contributed by atoms with Crippen molar-refractivity contribution in [3.8, 4) is 23.0 Å². The van der Waals surface area contributed by atoms with Crippen molar-refractivity contribution in [2.75, 3.05) is 32.2 Å². The summed E-state index contributed by atoms with van der Waals surface area (Å²) < 4.78 is 13.8. The number of aryl methyl sites for hydroxylation is 1. The number of fused-ring (bicyclic) bond motifs is 2. The van der Waals surface area contributed by atoms with Crippen LogP contribution >= 0.6 is 27.7 Å². The van der Waals surface area contributed by atoms with E-state index in [4.69, 9.17) is 20.2 Å². The predicted octanol–water partition coefficient (Wildman–Crippen LogP) is 4.16. The number of carbonyl (C=O) groups excluding carboxylic acids is 1. The number of imidazole rings is 1. The van der Waals surface area contributed by atoms with E-state index in [1.54, 1.807) is 6.33 Å². The molecule has 5 heterocycles. The molecule has 6 rings (SSSR count). The van der Waals surface area contributed by atoms with Gasteiger partial charge < -0.3 is 29.8 Å². The second-order valence-corrected chi connectivity index (χ2v) is 12.1. The number of carboxylic acid groups (broad SMARTS) is 1. The normalized spacial score (nSPS) is 19.4. The van der Waals surface area contributed by atoms with Gasteiger partial charge in [-0.15, -0.1) is 0 Å². The number of amides is 2. The minimum atomic E-state index is -1.01. The number of aromatic nitrogens is 4. The van der Waals surface area contributed by atoms with Gasteiger partial charge in [-0.1, -0.05) is 0 Å². The predicted molar refractivity (Wildman–Crippen MR) is 150 cm³/mol. The molecule has 0 aliphatic carbocycles. The van der Waals surface area contributed by atoms with Crippen molar-refractivity contribution in [3.05, 3.63) is 22.9 Å². The fraction of sp³-hybridized carbons (Fsp3) is 0.500. The summed E-state index contributed by atoms with van der Waals surface area (Å²) in [6.45, 7) is 2.63. The largest absolute Gasteiger partial charge is 0.465 e. The standard InChI is InChI=1S/C26H30BrN7O5S/c27-16-11-18-19(39-14-38-18)12-20(16)40-25-30-21-22(28)29-13-33(23(21)31-25)10-6-15-4-8-32(9-5-15)24(35)17-3-1-2-7-34(17)26(36)37/h11-13,15,17H,1-10,14,28H2,(H,36,37)/t17-/m0/s1. The molecule has 0 bridgehead atoms. The minimum Gasteiger partial charge on any atom is -0.465 e. The molecule has 1 aromatic rings. The molecular weight excluding hydrogens is 602 g/mol. The smallest absolute Gasteiger partial charge is 0.407 e. The molecular formula is C26H30BrN7O5S. The number of benzene rings is 1. The van der Waals surface area contributed by atoms with Gasteiger partial charge in [-0.2, -0.15) is 0 Å². The van der Waals surface area contributed by atoms with Crippen LogP contribution in [0.1, 0.15) is 38.5 Å². The van der Waals surface area contributed by atoms with Crippen LogP contribution < -0.4 is 15.2 Å². The van der Waals surface area contributed by atoms with Crippen LogP contribution in [0.25, 0.3) is 11.5 Å². The van der Waals surface area contributed by atoms with E-state index in [2.05, 4.69) is 25.9 Å². The molecule has 14 heteroatoms. The Labute approximate surface area is 243 Å². The monoisotopic (exact) mass is 631 g/mol. The molecule has 1 aromatic carbocycles. The first-order valence-corrected chi connectivity index (χ1v) is 15.0. The third-order valence-electron chi connectivity index (χ3n) is 7.84. The zero-order valence-electron chi connectivity index (χ0n) is 21.8. The Morgan fingerprint density at radius 1 is 1.10 bits per heavy atom. The van der Waals surface area contributed by atoms with Crippen molar-refractivity contribution in [2.24, 2.45) is 5.92 Å². The van der Waals surface area contributed by atoms with Crippen LogP contribution in [0.5, 0.6) is 11.5 Å². The van der Waals surface area contributed by atoms with E-state index in [-0.39, 0.29) is 12.7 Å². The van der Waals surface area contributed by atoms with Crippen molar-refractivity contribution >= 4 is 45.5 Å². The van der Waals surface area contributed by atoms with Gasteiger partial charge in [0.05, 0.1) is 6.33 Å². The van der Waals surface area contributed by atoms with Gasteiger partial charge in [0.15, 0.2) is 34.0 Å². The van der Waals surface area contributed by atoms with Gasteiger partial charge in [0.2, 0.25) is 12.7 Å². The van der Waals surface area contributed by atoms with Crippen molar-refractivity contribution < 1.29 is 24.2 Å². The first kappa shape index (κ1) is 26.9. The third-order valence-corrected chi connectivity index (χ3v) is 9.68. The van der Waals surface area contributed by atoms with Gasteiger partial charge in [0.25, 0.3) is 0 Å². The van der Waals surface area contributed by atoms with Crippen LogP contribution in [-0.4, -0.2) is 78.9 Å². The van der Waals surface area contributed by atoms with Crippen LogP contribution in [0.3, 0.4) is 0 Å². The molecule has 212 valence electrons. The summed E-state index contributed by atoms with van der Waals surface area (Å²) in [5.74, 6) is 2.79. The summed E-state index contributed by atoms with van der Waals surface area (Å²) in [5, 5.41) is 10.1. The number of rotatable bonds is 6. The maximum atomic E-state index is 13.1. The average molecular weight is 633 g/mol. The molecule has 40 heavy (non-hydrogen) atoms. The summed E-state index contributed by atoms with van der Waals surface area (Å²) in [7, 11) is 0. The second kappa shape index (κ2) is 11.3. The van der Waals surface area contributed by atoms with E-state index in [0.29, 0.717) is 72.5 Å². The van der Waals surface area contributed by atoms with E-state index in [0.717, 1.165) is 41.5 Å². The molecule has 2 saturated heterocycles. The van der Waals surface area contributed by atoms with Crippen molar-refractivity contribution in [1.82, 2.24) is 29.3 Å². The number of nitrogens with two attached hydrogens (primary N) is 1. The lowest BCUT2D eigenvalue weighted by Gasteiger charge is -2.39. The van der Waals surface area contributed by atoms with E-state index in [1.807, 2.05) is 21.6 Å². The number of anilines is 1. The Kier molecular flexibility index (Phi) is 7.62. The van der Waals surface area contributed by atoms with Gasteiger partial charge >= 0.3 is 6.09 Å². The quantitative estimate of drug-likeness (QED) is 0.406. The van der Waals surface area contributed by atoms with E-state index in [9.17, 15) is 14.7 Å². The molecule has 5 aliphatic rings. The Morgan fingerprint density at radius 2 is 1.88 bits per heavy atom. The molecule has 2 amide bonds. The SMILES string of the molecule is Nc1ncn(CCC2CCN(C(=O)[C@@H]3CCCCN3C(=O)O)CC2)c2nc(Sc3cc4c(cc3Br)OCO4)nc1-2. The minimum absolute atomic E-state index is 0.0504. The molecule has 12 nitrogen and oxygen atoms in total. The van der Waals surface area contributed by atoms with E-state index in [1.165, 1.54) is 16.7 Å². The van der Waals surface area contributed by atoms with Gasteiger partial charge in [0.1, 0.15) is 6.04 Å². The molecule has 0 unspecified atom stereocenters. The molecule has 0 aromatic heterocycles. The molecule has 0 radical (unpaired) electrons. The zero-order valence-corrected chi connectivity index (χ0v) is 24.2. The fourth-order valence-corrected chi connectivity index (χ4v) is 6.96. The Balaban J connectivity index is 1.08. The summed E-state index contributed by atoms with van der Waals surface area (Å²) in [5.41, 5.74) is 6.72. The van der Waals surface area contributed by atoms with Crippen LogP contribution in [0.15, 0.2) is 33.0 Å². The van der Waals surface area contributed by atoms with Crippen LogP contribution in [0.4, 0.5) is 10.6 Å². The van der Waals surface area contributed by atoms with Crippen LogP contribution in [0.2, 0.25) is 0 Å². The number of hydrogen-bond donors (Lipinski definition) is 2. The summed E-state index contributed by atoms with van der Waals surface area (Å²) in [6.07, 6.45) is 5.67. The average Bonchev–Trinajstić information content (AvgIpc) is 3.60. The van der Waals surface area contributed by atoms with Gasteiger partial charge in [0, 0.05) is 35.5 Å². The van der Waals surface area contributed by atoms with E-state index >= 15 is 0 Å². The number of halogens is 1. The fourth-order valence-electron chi connectivity index (χ4n) is 5.61. The maximum Gasteiger partial charge on any atom is 0.407 e. The molecule has 0 saturated carbocycles. The van der Waals surface area contributed by atoms with Gasteiger partial charge in [-0.05, 0) is 84.3 Å². The molecule has 0 spiro atoms. The number of ether oxygens (including phenoxy) is 2. The number of hydrogen-bond acceptors (Lipinski definition) is 9. The highest BCUT2D eigenvalue weighted by atomic mass is 79.9. The number of likely N-dealkylation sites (tertiary alicyclic amines) is 2.